The second kappa shape index (κ2) is 10.3. The molecule has 5 rings (SSSR count). The van der Waals surface area contributed by atoms with E-state index in [0.29, 0.717) is 12.0 Å². The van der Waals surface area contributed by atoms with Crippen LogP contribution in [0.25, 0.3) is 0 Å². The van der Waals surface area contributed by atoms with Crippen LogP contribution in [-0.4, -0.2) is 63.2 Å². The van der Waals surface area contributed by atoms with E-state index >= 15 is 0 Å². The highest BCUT2D eigenvalue weighted by molar-refractivity contribution is 5.44. The molecule has 5 heteroatoms. The van der Waals surface area contributed by atoms with Gasteiger partial charge in [0, 0.05) is 60.2 Å². The fourth-order valence-corrected chi connectivity index (χ4v) is 5.28. The quantitative estimate of drug-likeness (QED) is 0.634. The van der Waals surface area contributed by atoms with E-state index in [-0.39, 0.29) is 12.6 Å². The SMILES string of the molecule is OC[C@H]1[C@@H](c2ccc(C#Cc3ccccc3)cc2)[C@@H]2CN(Cc3cncnc3)CCCCN12. The van der Waals surface area contributed by atoms with Crippen LogP contribution in [0.4, 0.5) is 0 Å². The zero-order valence-corrected chi connectivity index (χ0v) is 18.8. The van der Waals surface area contributed by atoms with Gasteiger partial charge in [0.15, 0.2) is 0 Å². The molecule has 168 valence electrons. The molecular weight excluding hydrogens is 408 g/mol. The maximum absolute atomic E-state index is 10.2. The van der Waals surface area contributed by atoms with Gasteiger partial charge in [-0.05, 0) is 55.8 Å². The van der Waals surface area contributed by atoms with Crippen LogP contribution in [0.2, 0.25) is 0 Å². The van der Waals surface area contributed by atoms with Gasteiger partial charge in [-0.15, -0.1) is 0 Å². The second-order valence-corrected chi connectivity index (χ2v) is 9.01. The number of hydrogen-bond donors (Lipinski definition) is 1. The Balaban J connectivity index is 1.32. The fourth-order valence-electron chi connectivity index (χ4n) is 5.28. The third-order valence-corrected chi connectivity index (χ3v) is 6.89. The molecule has 1 aromatic heterocycles. The first-order chi connectivity index (χ1) is 16.3. The lowest BCUT2D eigenvalue weighted by Gasteiger charge is -2.57. The van der Waals surface area contributed by atoms with Crippen LogP contribution in [0.5, 0.6) is 0 Å². The lowest BCUT2D eigenvalue weighted by Crippen LogP contribution is -2.67. The Kier molecular flexibility index (Phi) is 6.78. The predicted molar refractivity (Wildman–Crippen MR) is 130 cm³/mol. The summed E-state index contributed by atoms with van der Waals surface area (Å²) >= 11 is 0. The van der Waals surface area contributed by atoms with E-state index in [1.807, 2.05) is 42.7 Å². The molecule has 2 saturated heterocycles. The average Bonchev–Trinajstić information content (AvgIpc) is 2.85. The molecule has 0 spiro atoms. The minimum absolute atomic E-state index is 0.191. The highest BCUT2D eigenvalue weighted by Crippen LogP contribution is 2.42. The number of rotatable bonds is 4. The van der Waals surface area contributed by atoms with Crippen LogP contribution in [0, 0.1) is 11.8 Å². The van der Waals surface area contributed by atoms with E-state index in [1.54, 1.807) is 6.33 Å². The molecule has 0 unspecified atom stereocenters. The summed E-state index contributed by atoms with van der Waals surface area (Å²) in [6.45, 7) is 4.21. The molecule has 5 nitrogen and oxygen atoms in total. The zero-order valence-electron chi connectivity index (χ0n) is 18.8. The van der Waals surface area contributed by atoms with Crippen LogP contribution >= 0.6 is 0 Å². The van der Waals surface area contributed by atoms with Gasteiger partial charge in [0.1, 0.15) is 6.33 Å². The molecule has 0 amide bonds. The number of hydrogen-bond acceptors (Lipinski definition) is 5. The first-order valence-corrected chi connectivity index (χ1v) is 11.8. The van der Waals surface area contributed by atoms with Crippen molar-refractivity contribution in [2.75, 3.05) is 26.2 Å². The summed E-state index contributed by atoms with van der Waals surface area (Å²) in [7, 11) is 0. The molecule has 0 radical (unpaired) electrons. The monoisotopic (exact) mass is 438 g/mol. The van der Waals surface area contributed by atoms with Crippen molar-refractivity contribution in [1.29, 1.82) is 0 Å². The van der Waals surface area contributed by atoms with Crippen molar-refractivity contribution in [3.63, 3.8) is 0 Å². The van der Waals surface area contributed by atoms with Crippen molar-refractivity contribution >= 4 is 0 Å². The molecule has 2 aliphatic heterocycles. The average molecular weight is 439 g/mol. The standard InChI is InChI=1S/C28H30N4O/c33-20-27-28(25-12-10-23(11-13-25)9-8-22-6-2-1-3-7-22)26-19-31(14-4-5-15-32(26)27)18-24-16-29-21-30-17-24/h1-3,6-7,10-13,16-17,21,26-28,33H,4-5,14-15,18-20H2/t26-,27-,28-/m0/s1. The third-order valence-electron chi connectivity index (χ3n) is 6.89. The molecule has 2 fully saturated rings. The minimum atomic E-state index is 0.191. The maximum atomic E-state index is 10.2. The van der Waals surface area contributed by atoms with Gasteiger partial charge < -0.3 is 5.11 Å². The Morgan fingerprint density at radius 2 is 1.58 bits per heavy atom. The van der Waals surface area contributed by atoms with Gasteiger partial charge in [0.05, 0.1) is 6.61 Å². The summed E-state index contributed by atoms with van der Waals surface area (Å²) in [5, 5.41) is 10.2. The summed E-state index contributed by atoms with van der Waals surface area (Å²) in [6, 6.07) is 19.3. The molecule has 33 heavy (non-hydrogen) atoms. The highest BCUT2D eigenvalue weighted by Gasteiger charge is 2.48. The fraction of sp³-hybridized carbons (Fsp3) is 0.357. The summed E-state index contributed by atoms with van der Waals surface area (Å²) in [6.07, 6.45) is 7.74. The van der Waals surface area contributed by atoms with E-state index in [9.17, 15) is 5.11 Å². The molecule has 3 atom stereocenters. The van der Waals surface area contributed by atoms with Crippen LogP contribution < -0.4 is 0 Å². The Morgan fingerprint density at radius 3 is 2.30 bits per heavy atom. The van der Waals surface area contributed by atoms with Gasteiger partial charge in [-0.25, -0.2) is 9.97 Å². The van der Waals surface area contributed by atoms with E-state index in [2.05, 4.69) is 55.9 Å². The molecule has 2 aliphatic rings. The van der Waals surface area contributed by atoms with Crippen LogP contribution in [-0.2, 0) is 6.54 Å². The lowest BCUT2D eigenvalue weighted by atomic mass is 9.74. The first-order valence-electron chi connectivity index (χ1n) is 11.8. The van der Waals surface area contributed by atoms with Gasteiger partial charge in [-0.3, -0.25) is 9.80 Å². The summed E-state index contributed by atoms with van der Waals surface area (Å²) in [5.74, 6) is 6.83. The molecule has 1 N–H and O–H groups in total. The van der Waals surface area contributed by atoms with E-state index in [1.165, 1.54) is 12.0 Å². The van der Waals surface area contributed by atoms with E-state index in [0.717, 1.165) is 49.3 Å². The first kappa shape index (κ1) is 21.8. The lowest BCUT2D eigenvalue weighted by molar-refractivity contribution is -0.0655. The number of benzene rings is 2. The molecule has 2 aromatic carbocycles. The van der Waals surface area contributed by atoms with Crippen molar-refractivity contribution in [2.45, 2.75) is 37.4 Å². The molecule has 0 bridgehead atoms. The van der Waals surface area contributed by atoms with Crippen molar-refractivity contribution < 1.29 is 5.11 Å². The maximum Gasteiger partial charge on any atom is 0.115 e. The smallest absolute Gasteiger partial charge is 0.115 e. The second-order valence-electron chi connectivity index (χ2n) is 9.01. The number of nitrogens with zero attached hydrogens (tertiary/aromatic N) is 4. The van der Waals surface area contributed by atoms with E-state index < -0.39 is 0 Å². The summed E-state index contributed by atoms with van der Waals surface area (Å²) < 4.78 is 0. The summed E-state index contributed by atoms with van der Waals surface area (Å²) in [4.78, 5) is 13.4. The van der Waals surface area contributed by atoms with Crippen LogP contribution in [0.3, 0.4) is 0 Å². The number of aliphatic hydroxyl groups is 1. The minimum Gasteiger partial charge on any atom is -0.395 e. The Morgan fingerprint density at radius 1 is 0.879 bits per heavy atom. The number of fused-ring (bicyclic) bond motifs is 1. The molecule has 0 saturated carbocycles. The van der Waals surface area contributed by atoms with Gasteiger partial charge in [0.2, 0.25) is 0 Å². The Bertz CT molecular complexity index is 1090. The van der Waals surface area contributed by atoms with E-state index in [4.69, 9.17) is 0 Å². The number of aliphatic hydroxyl groups excluding tert-OH is 1. The molecule has 3 heterocycles. The van der Waals surface area contributed by atoms with Gasteiger partial charge in [-0.2, -0.15) is 0 Å². The topological polar surface area (TPSA) is 52.5 Å². The molecule has 3 aromatic rings. The van der Waals surface area contributed by atoms with Crippen LogP contribution in [0.15, 0.2) is 73.3 Å². The Hall–Kier alpha value is -3.04. The van der Waals surface area contributed by atoms with Gasteiger partial charge in [-0.1, -0.05) is 42.2 Å². The largest absolute Gasteiger partial charge is 0.395 e. The normalized spacial score (nSPS) is 23.4. The summed E-state index contributed by atoms with van der Waals surface area (Å²) in [5.41, 5.74) is 4.49. The van der Waals surface area contributed by atoms with Crippen molar-refractivity contribution in [1.82, 2.24) is 19.8 Å². The number of aromatic nitrogens is 2. The van der Waals surface area contributed by atoms with Gasteiger partial charge in [0.25, 0.3) is 0 Å². The van der Waals surface area contributed by atoms with Crippen molar-refractivity contribution in [3.05, 3.63) is 95.6 Å². The molecule has 0 aliphatic carbocycles. The predicted octanol–water partition coefficient (Wildman–Crippen LogP) is 3.30. The van der Waals surface area contributed by atoms with Gasteiger partial charge >= 0.3 is 0 Å². The van der Waals surface area contributed by atoms with Crippen molar-refractivity contribution in [2.24, 2.45) is 0 Å². The van der Waals surface area contributed by atoms with Crippen molar-refractivity contribution in [3.8, 4) is 11.8 Å². The Labute approximate surface area is 196 Å². The highest BCUT2D eigenvalue weighted by atomic mass is 16.3. The molecular formula is C28H30N4O. The third kappa shape index (κ3) is 4.99. The zero-order chi connectivity index (χ0) is 22.5. The van der Waals surface area contributed by atoms with Crippen LogP contribution in [0.1, 0.15) is 41.0 Å².